The lowest BCUT2D eigenvalue weighted by Crippen LogP contribution is -2.22. The van der Waals surface area contributed by atoms with Crippen molar-refractivity contribution >= 4 is 6.29 Å². The highest BCUT2D eigenvalue weighted by Crippen LogP contribution is 2.25. The third-order valence-electron chi connectivity index (χ3n) is 3.00. The van der Waals surface area contributed by atoms with Crippen LogP contribution in [0.5, 0.6) is 0 Å². The van der Waals surface area contributed by atoms with E-state index in [1.807, 2.05) is 4.57 Å². The lowest BCUT2D eigenvalue weighted by atomic mass is 9.87. The largest absolute Gasteiger partial charge is 0.393 e. The number of hydrogen-bond donors (Lipinski definition) is 1. The zero-order valence-electron chi connectivity index (χ0n) is 8.67. The van der Waals surface area contributed by atoms with E-state index in [1.54, 1.807) is 12.5 Å². The fourth-order valence-electron chi connectivity index (χ4n) is 2.26. The van der Waals surface area contributed by atoms with Gasteiger partial charge in [0.25, 0.3) is 0 Å². The summed E-state index contributed by atoms with van der Waals surface area (Å²) in [6, 6.07) is 0. The Morgan fingerprint density at radius 3 is 3.13 bits per heavy atom. The van der Waals surface area contributed by atoms with Crippen LogP contribution in [0.1, 0.15) is 36.2 Å². The number of aliphatic hydroxyl groups is 1. The highest BCUT2D eigenvalue weighted by molar-refractivity contribution is 5.70. The van der Waals surface area contributed by atoms with E-state index in [0.717, 1.165) is 38.5 Å². The fraction of sp³-hybridized carbons (Fsp3) is 0.636. The minimum Gasteiger partial charge on any atom is -0.393 e. The summed E-state index contributed by atoms with van der Waals surface area (Å²) in [5, 5.41) is 9.53. The molecule has 0 aromatic carbocycles. The Balaban J connectivity index is 1.92. The molecule has 82 valence electrons. The second-order valence-electron chi connectivity index (χ2n) is 4.30. The molecular formula is C11H16N2O2. The van der Waals surface area contributed by atoms with Crippen LogP contribution in [0.15, 0.2) is 12.5 Å². The summed E-state index contributed by atoms with van der Waals surface area (Å²) in [6.45, 7) is 0.859. The molecule has 1 saturated carbocycles. The molecule has 0 saturated heterocycles. The van der Waals surface area contributed by atoms with E-state index in [4.69, 9.17) is 0 Å². The average molecular weight is 208 g/mol. The Bertz CT molecular complexity index is 335. The van der Waals surface area contributed by atoms with Gasteiger partial charge in [-0.25, -0.2) is 4.98 Å². The molecule has 4 nitrogen and oxygen atoms in total. The van der Waals surface area contributed by atoms with E-state index < -0.39 is 0 Å². The molecule has 1 aromatic rings. The molecule has 0 amide bonds. The van der Waals surface area contributed by atoms with Gasteiger partial charge in [-0.3, -0.25) is 4.79 Å². The van der Waals surface area contributed by atoms with Gasteiger partial charge < -0.3 is 9.67 Å². The SMILES string of the molecule is O=Cc1cn(CC2CCCC(O)C2)cn1. The average Bonchev–Trinajstić information content (AvgIpc) is 2.65. The number of carbonyl (C=O) groups is 1. The van der Waals surface area contributed by atoms with Crippen LogP contribution in [-0.4, -0.2) is 27.0 Å². The van der Waals surface area contributed by atoms with Gasteiger partial charge in [-0.2, -0.15) is 0 Å². The molecule has 0 spiro atoms. The molecule has 2 atom stereocenters. The van der Waals surface area contributed by atoms with E-state index in [1.165, 1.54) is 0 Å². The van der Waals surface area contributed by atoms with Gasteiger partial charge in [0, 0.05) is 12.7 Å². The van der Waals surface area contributed by atoms with Gasteiger partial charge in [-0.05, 0) is 25.2 Å². The molecule has 0 radical (unpaired) electrons. The molecular weight excluding hydrogens is 192 g/mol. The number of carbonyl (C=O) groups excluding carboxylic acids is 1. The van der Waals surface area contributed by atoms with Crippen LogP contribution < -0.4 is 0 Å². The lowest BCUT2D eigenvalue weighted by molar-refractivity contribution is 0.0953. The predicted octanol–water partition coefficient (Wildman–Crippen LogP) is 1.25. The van der Waals surface area contributed by atoms with E-state index in [0.29, 0.717) is 11.6 Å². The first-order valence-electron chi connectivity index (χ1n) is 5.43. The first-order chi connectivity index (χ1) is 7.28. The number of imidazole rings is 1. The zero-order valence-corrected chi connectivity index (χ0v) is 8.67. The standard InChI is InChI=1S/C11H16N2O2/c14-7-10-6-13(8-12-10)5-9-2-1-3-11(15)4-9/h6-9,11,15H,1-5H2. The maximum absolute atomic E-state index is 10.4. The molecule has 0 bridgehead atoms. The normalized spacial score (nSPS) is 26.5. The number of aromatic nitrogens is 2. The first-order valence-corrected chi connectivity index (χ1v) is 5.43. The summed E-state index contributed by atoms with van der Waals surface area (Å²) in [4.78, 5) is 14.4. The zero-order chi connectivity index (χ0) is 10.7. The first kappa shape index (κ1) is 10.4. The van der Waals surface area contributed by atoms with Gasteiger partial charge in [0.2, 0.25) is 0 Å². The van der Waals surface area contributed by atoms with Gasteiger partial charge in [-0.15, -0.1) is 0 Å². The second-order valence-corrected chi connectivity index (χ2v) is 4.30. The van der Waals surface area contributed by atoms with Crippen LogP contribution >= 0.6 is 0 Å². The molecule has 15 heavy (non-hydrogen) atoms. The van der Waals surface area contributed by atoms with Crippen molar-refractivity contribution in [1.29, 1.82) is 0 Å². The van der Waals surface area contributed by atoms with E-state index in [2.05, 4.69) is 4.98 Å². The van der Waals surface area contributed by atoms with Gasteiger partial charge in [0.15, 0.2) is 6.29 Å². The van der Waals surface area contributed by atoms with Crippen LogP contribution in [0.25, 0.3) is 0 Å². The van der Waals surface area contributed by atoms with Crippen LogP contribution in [0, 0.1) is 5.92 Å². The number of nitrogens with zero attached hydrogens (tertiary/aromatic N) is 2. The third-order valence-corrected chi connectivity index (χ3v) is 3.00. The van der Waals surface area contributed by atoms with Crippen molar-refractivity contribution in [3.63, 3.8) is 0 Å². The molecule has 1 fully saturated rings. The van der Waals surface area contributed by atoms with Crippen molar-refractivity contribution < 1.29 is 9.90 Å². The molecule has 2 unspecified atom stereocenters. The Morgan fingerprint density at radius 2 is 2.47 bits per heavy atom. The third kappa shape index (κ3) is 2.65. The van der Waals surface area contributed by atoms with E-state index >= 15 is 0 Å². The quantitative estimate of drug-likeness (QED) is 0.760. The van der Waals surface area contributed by atoms with E-state index in [-0.39, 0.29) is 6.10 Å². The molecule has 1 aliphatic rings. The molecule has 1 heterocycles. The molecule has 1 aromatic heterocycles. The van der Waals surface area contributed by atoms with Crippen LogP contribution in [0.2, 0.25) is 0 Å². The number of aliphatic hydroxyl groups excluding tert-OH is 1. The van der Waals surface area contributed by atoms with Crippen molar-refractivity contribution in [2.75, 3.05) is 0 Å². The monoisotopic (exact) mass is 208 g/mol. The smallest absolute Gasteiger partial charge is 0.169 e. The van der Waals surface area contributed by atoms with E-state index in [9.17, 15) is 9.90 Å². The molecule has 1 aliphatic carbocycles. The number of hydrogen-bond acceptors (Lipinski definition) is 3. The number of aldehydes is 1. The predicted molar refractivity (Wildman–Crippen MR) is 55.6 cm³/mol. The fourth-order valence-corrected chi connectivity index (χ4v) is 2.26. The maximum atomic E-state index is 10.4. The highest BCUT2D eigenvalue weighted by atomic mass is 16.3. The van der Waals surface area contributed by atoms with Crippen molar-refractivity contribution in [2.24, 2.45) is 5.92 Å². The Morgan fingerprint density at radius 1 is 1.60 bits per heavy atom. The topological polar surface area (TPSA) is 55.1 Å². The lowest BCUT2D eigenvalue weighted by Gasteiger charge is -2.25. The van der Waals surface area contributed by atoms with Crippen LogP contribution in [0.4, 0.5) is 0 Å². The Kier molecular flexibility index (Phi) is 3.16. The molecule has 2 rings (SSSR count). The maximum Gasteiger partial charge on any atom is 0.169 e. The molecule has 0 aliphatic heterocycles. The van der Waals surface area contributed by atoms with Crippen molar-refractivity contribution in [2.45, 2.75) is 38.3 Å². The highest BCUT2D eigenvalue weighted by Gasteiger charge is 2.20. The van der Waals surface area contributed by atoms with Gasteiger partial charge in [0.05, 0.1) is 12.4 Å². The van der Waals surface area contributed by atoms with Crippen LogP contribution in [0.3, 0.4) is 0 Å². The second kappa shape index (κ2) is 4.57. The summed E-state index contributed by atoms with van der Waals surface area (Å²) in [7, 11) is 0. The summed E-state index contributed by atoms with van der Waals surface area (Å²) in [6.07, 6.45) is 8.12. The van der Waals surface area contributed by atoms with Gasteiger partial charge in [0.1, 0.15) is 5.69 Å². The minimum absolute atomic E-state index is 0.141. The van der Waals surface area contributed by atoms with Crippen molar-refractivity contribution in [3.05, 3.63) is 18.2 Å². The van der Waals surface area contributed by atoms with Crippen LogP contribution in [-0.2, 0) is 6.54 Å². The summed E-state index contributed by atoms with van der Waals surface area (Å²) in [5.41, 5.74) is 0.478. The summed E-state index contributed by atoms with van der Waals surface area (Å²) >= 11 is 0. The Hall–Kier alpha value is -1.16. The molecule has 4 heteroatoms. The summed E-state index contributed by atoms with van der Waals surface area (Å²) < 4.78 is 1.94. The molecule has 1 N–H and O–H groups in total. The van der Waals surface area contributed by atoms with Gasteiger partial charge >= 0.3 is 0 Å². The van der Waals surface area contributed by atoms with Crippen molar-refractivity contribution in [3.8, 4) is 0 Å². The summed E-state index contributed by atoms with van der Waals surface area (Å²) in [5.74, 6) is 0.516. The number of rotatable bonds is 3. The van der Waals surface area contributed by atoms with Gasteiger partial charge in [-0.1, -0.05) is 6.42 Å². The van der Waals surface area contributed by atoms with Crippen molar-refractivity contribution in [1.82, 2.24) is 9.55 Å². The minimum atomic E-state index is -0.141. The Labute approximate surface area is 88.9 Å².